The first-order valence-electron chi connectivity index (χ1n) is 19.0. The number of nitrogens with one attached hydrogen (secondary N) is 2. The number of alkyl halides is 2. The van der Waals surface area contributed by atoms with Crippen LogP contribution in [0.5, 0.6) is 0 Å². The van der Waals surface area contributed by atoms with E-state index < -0.39 is 18.4 Å². The van der Waals surface area contributed by atoms with E-state index in [0.29, 0.717) is 68.9 Å². The van der Waals surface area contributed by atoms with E-state index in [1.165, 1.54) is 11.1 Å². The maximum absolute atomic E-state index is 14.8. The SMILES string of the molecule is C=O.CNc1cccc(N2CCCc3cc(/C(C=NC4CCN(c5cc6c(o5)C(=O)N(C5CCC(=O)NC5=O)CC6)CC4)=C/N)c(C(F)F)cc32)c1C=C(C)C. The molecule has 2 fully saturated rings. The number of anilines is 4. The lowest BCUT2D eigenvalue weighted by atomic mass is 9.91. The zero-order valence-electron chi connectivity index (χ0n) is 32.1. The van der Waals surface area contributed by atoms with Gasteiger partial charge in [-0.15, -0.1) is 0 Å². The molecule has 1 unspecified atom stereocenters. The van der Waals surface area contributed by atoms with Crippen molar-refractivity contribution in [2.24, 2.45) is 10.7 Å². The van der Waals surface area contributed by atoms with Crippen molar-refractivity contribution in [1.29, 1.82) is 0 Å². The van der Waals surface area contributed by atoms with Crippen LogP contribution < -0.4 is 26.2 Å². The molecule has 1 aromatic heterocycles. The number of hydrogen-bond donors (Lipinski definition) is 3. The van der Waals surface area contributed by atoms with Crippen molar-refractivity contribution in [3.63, 3.8) is 0 Å². The fourth-order valence-corrected chi connectivity index (χ4v) is 8.09. The fraction of sp³-hybridized carbons (Fsp3) is 0.405. The van der Waals surface area contributed by atoms with Gasteiger partial charge in [-0.1, -0.05) is 17.7 Å². The molecule has 0 aliphatic carbocycles. The Labute approximate surface area is 325 Å². The van der Waals surface area contributed by atoms with E-state index in [1.54, 1.807) is 12.3 Å². The van der Waals surface area contributed by atoms with Crippen molar-refractivity contribution >= 4 is 65.3 Å². The van der Waals surface area contributed by atoms with Crippen molar-refractivity contribution in [2.45, 2.75) is 77.3 Å². The number of aryl methyl sites for hydroxylation is 1. The molecule has 0 spiro atoms. The number of hydrogen-bond acceptors (Lipinski definition) is 10. The Morgan fingerprint density at radius 1 is 1.00 bits per heavy atom. The third-order valence-electron chi connectivity index (χ3n) is 10.8. The molecule has 0 saturated carbocycles. The zero-order chi connectivity index (χ0) is 40.1. The second kappa shape index (κ2) is 17.3. The van der Waals surface area contributed by atoms with Crippen LogP contribution in [0.15, 0.2) is 57.6 Å². The van der Waals surface area contributed by atoms with Crippen LogP contribution in [0.4, 0.5) is 31.7 Å². The number of nitrogens with two attached hydrogens (primary N) is 1. The van der Waals surface area contributed by atoms with Crippen LogP contribution in [0.1, 0.15) is 90.7 Å². The van der Waals surface area contributed by atoms with Crippen LogP contribution >= 0.6 is 0 Å². The molecule has 0 radical (unpaired) electrons. The molecule has 14 heteroatoms. The number of fused-ring (bicyclic) bond motifs is 2. The number of nitrogens with zero attached hydrogens (tertiary/aromatic N) is 4. The third kappa shape index (κ3) is 8.10. The molecule has 2 saturated heterocycles. The van der Waals surface area contributed by atoms with Crippen LogP contribution in [0, 0.1) is 0 Å². The Morgan fingerprint density at radius 2 is 1.77 bits per heavy atom. The molecule has 4 aliphatic rings. The smallest absolute Gasteiger partial charge is 0.290 e. The van der Waals surface area contributed by atoms with Gasteiger partial charge in [0, 0.05) is 91.8 Å². The molecule has 7 rings (SSSR count). The molecule has 3 amide bonds. The van der Waals surface area contributed by atoms with Crippen molar-refractivity contribution in [3.8, 4) is 0 Å². The lowest BCUT2D eigenvalue weighted by Gasteiger charge is -2.34. The number of aliphatic imine (C=N–C) groups is 1. The van der Waals surface area contributed by atoms with Gasteiger partial charge in [-0.2, -0.15) is 0 Å². The number of rotatable bonds is 9. The van der Waals surface area contributed by atoms with E-state index in [9.17, 15) is 23.2 Å². The minimum absolute atomic E-state index is 0.0542. The van der Waals surface area contributed by atoms with Gasteiger partial charge in [-0.05, 0) is 87.8 Å². The maximum Gasteiger partial charge on any atom is 0.290 e. The van der Waals surface area contributed by atoms with E-state index in [0.717, 1.165) is 52.2 Å². The van der Waals surface area contributed by atoms with E-state index in [-0.39, 0.29) is 35.6 Å². The van der Waals surface area contributed by atoms with Gasteiger partial charge in [0.05, 0.1) is 11.7 Å². The topological polar surface area (TPSA) is 154 Å². The molecule has 4 N–H and O–H groups in total. The molecular weight excluding hydrogens is 721 g/mol. The molecular formula is C42H49F2N7O5. The highest BCUT2D eigenvalue weighted by molar-refractivity contribution is 6.10. The molecule has 4 aliphatic heterocycles. The second-order valence-electron chi connectivity index (χ2n) is 14.6. The van der Waals surface area contributed by atoms with E-state index in [1.807, 2.05) is 58.0 Å². The van der Waals surface area contributed by atoms with Crippen LogP contribution in [0.25, 0.3) is 11.6 Å². The Balaban J connectivity index is 0.00000262. The molecule has 1 atom stereocenters. The Morgan fingerprint density at radius 3 is 2.45 bits per heavy atom. The van der Waals surface area contributed by atoms with E-state index in [2.05, 4.69) is 26.5 Å². The normalized spacial score (nSPS) is 19.0. The van der Waals surface area contributed by atoms with Gasteiger partial charge in [-0.25, -0.2) is 8.78 Å². The van der Waals surface area contributed by atoms with Crippen molar-refractivity contribution in [2.75, 3.05) is 48.3 Å². The number of imide groups is 1. The molecule has 12 nitrogen and oxygen atoms in total. The summed E-state index contributed by atoms with van der Waals surface area (Å²) in [5.74, 6) is -0.281. The summed E-state index contributed by atoms with van der Waals surface area (Å²) in [5, 5.41) is 5.60. The Bertz CT molecular complexity index is 2060. The second-order valence-corrected chi connectivity index (χ2v) is 14.6. The molecule has 5 heterocycles. The Kier molecular flexibility index (Phi) is 12.4. The quantitative estimate of drug-likeness (QED) is 0.165. The summed E-state index contributed by atoms with van der Waals surface area (Å²) in [6.45, 7) is 8.43. The third-order valence-corrected chi connectivity index (χ3v) is 10.8. The van der Waals surface area contributed by atoms with Gasteiger partial charge in [0.1, 0.15) is 12.8 Å². The average Bonchev–Trinajstić information content (AvgIpc) is 3.64. The van der Waals surface area contributed by atoms with Gasteiger partial charge in [-0.3, -0.25) is 24.7 Å². The Hall–Kier alpha value is -5.79. The molecule has 2 aromatic carbocycles. The minimum atomic E-state index is -2.72. The van der Waals surface area contributed by atoms with Crippen LogP contribution in [-0.4, -0.2) is 80.9 Å². The lowest BCUT2D eigenvalue weighted by molar-refractivity contribution is -0.137. The average molecular weight is 770 g/mol. The molecule has 56 heavy (non-hydrogen) atoms. The van der Waals surface area contributed by atoms with Gasteiger partial charge in [0.15, 0.2) is 11.6 Å². The van der Waals surface area contributed by atoms with Gasteiger partial charge < -0.3 is 35.0 Å². The lowest BCUT2D eigenvalue weighted by Crippen LogP contribution is -2.55. The number of halogens is 2. The number of carbonyl (C=O) groups excluding carboxylic acids is 4. The standard InChI is InChI=1S/C41H47F2N7O4.CH2O/c1-24(2)18-31-32(45-3)7-4-8-33(31)49-14-5-6-25-19-29(30(39(42)43)21-35(25)49)27(22-44)23-46-28-12-15-48(16-13-28)37-20-26-11-17-50(41(53)38(26)54-37)34-9-10-36(51)47-40(34)52;1-2/h4,7-8,18-23,28,34,39,45H,5-6,9-17,44H2,1-3H3,(H,47,51,52);1H2/b27-22+,46-23?;. The van der Waals surface area contributed by atoms with Crippen molar-refractivity contribution in [1.82, 2.24) is 10.2 Å². The highest BCUT2D eigenvalue weighted by atomic mass is 19.3. The number of amides is 3. The summed E-state index contributed by atoms with van der Waals surface area (Å²) < 4.78 is 35.7. The summed E-state index contributed by atoms with van der Waals surface area (Å²) in [7, 11) is 1.88. The maximum atomic E-state index is 14.8. The first kappa shape index (κ1) is 39.9. The monoisotopic (exact) mass is 769 g/mol. The van der Waals surface area contributed by atoms with Gasteiger partial charge >= 0.3 is 0 Å². The predicted octanol–water partition coefficient (Wildman–Crippen LogP) is 6.42. The fourth-order valence-electron chi connectivity index (χ4n) is 8.09. The summed E-state index contributed by atoms with van der Waals surface area (Å²) >= 11 is 0. The number of carbonyl (C=O) groups is 4. The van der Waals surface area contributed by atoms with Crippen molar-refractivity contribution < 1.29 is 32.4 Å². The summed E-state index contributed by atoms with van der Waals surface area (Å²) in [4.78, 5) is 55.9. The first-order valence-corrected chi connectivity index (χ1v) is 19.0. The van der Waals surface area contributed by atoms with Gasteiger partial charge in [0.2, 0.25) is 11.8 Å². The highest BCUT2D eigenvalue weighted by Gasteiger charge is 2.39. The predicted molar refractivity (Wildman–Crippen MR) is 215 cm³/mol. The molecule has 296 valence electrons. The summed E-state index contributed by atoms with van der Waals surface area (Å²) in [5.41, 5.74) is 13.5. The van der Waals surface area contributed by atoms with E-state index in [4.69, 9.17) is 19.9 Å². The summed E-state index contributed by atoms with van der Waals surface area (Å²) in [6, 6.07) is 10.7. The number of piperidine rings is 2. The highest BCUT2D eigenvalue weighted by Crippen LogP contribution is 2.42. The van der Waals surface area contributed by atoms with E-state index >= 15 is 0 Å². The molecule has 3 aromatic rings. The number of benzene rings is 2. The van der Waals surface area contributed by atoms with Crippen molar-refractivity contribution in [3.05, 3.63) is 81.7 Å². The zero-order valence-corrected chi connectivity index (χ0v) is 32.1. The number of furan rings is 1. The van der Waals surface area contributed by atoms with Gasteiger partial charge in [0.25, 0.3) is 12.3 Å². The number of allylic oxidation sites excluding steroid dienone is 2. The minimum Gasteiger partial charge on any atom is -0.435 e. The first-order chi connectivity index (χ1) is 27.1. The largest absolute Gasteiger partial charge is 0.435 e. The van der Waals surface area contributed by atoms with Crippen LogP contribution in [0.2, 0.25) is 0 Å². The van der Waals surface area contributed by atoms with Crippen LogP contribution in [-0.2, 0) is 27.2 Å². The molecule has 0 bridgehead atoms. The summed E-state index contributed by atoms with van der Waals surface area (Å²) in [6.07, 6.45) is 6.46. The van der Waals surface area contributed by atoms with Crippen LogP contribution in [0.3, 0.4) is 0 Å².